The molecule has 2 aliphatic carbocycles. The second-order valence-electron chi connectivity index (χ2n) is 4.05. The molecule has 1 saturated carbocycles. The van der Waals surface area contributed by atoms with Gasteiger partial charge >= 0.3 is 0 Å². The van der Waals surface area contributed by atoms with Crippen molar-refractivity contribution in [2.75, 3.05) is 0 Å². The lowest BCUT2D eigenvalue weighted by Gasteiger charge is -2.50. The summed E-state index contributed by atoms with van der Waals surface area (Å²) in [5.41, 5.74) is 0. The molecule has 2 heteroatoms. The Kier molecular flexibility index (Phi) is 1.62. The zero-order chi connectivity index (χ0) is 8.88. The third-order valence-corrected chi connectivity index (χ3v) is 3.49. The van der Waals surface area contributed by atoms with E-state index in [2.05, 4.69) is 0 Å². The molecule has 1 N–H and O–H groups in total. The molecule has 0 aromatic carbocycles. The van der Waals surface area contributed by atoms with Gasteiger partial charge in [0.15, 0.2) is 5.78 Å². The molecule has 0 aromatic rings. The number of hydrogen-bond acceptors (Lipinski definition) is 2. The molecule has 2 aliphatic rings. The van der Waals surface area contributed by atoms with Gasteiger partial charge in [0.05, 0.1) is 6.10 Å². The van der Waals surface area contributed by atoms with Crippen molar-refractivity contribution >= 4 is 5.78 Å². The minimum atomic E-state index is -0.265. The van der Waals surface area contributed by atoms with Crippen LogP contribution in [-0.4, -0.2) is 17.0 Å². The number of aliphatic hydroxyl groups excluding tert-OH is 1. The SMILES string of the molecule is C[C@H]1[C@H](O)[C@@H]2[C@H]1C=CC(=O)[C@H]2C. The molecule has 0 aliphatic heterocycles. The van der Waals surface area contributed by atoms with Gasteiger partial charge in [0.25, 0.3) is 0 Å². The Labute approximate surface area is 72.3 Å². The Bertz CT molecular complexity index is 244. The average Bonchev–Trinajstić information content (AvgIpc) is 2.08. The van der Waals surface area contributed by atoms with Crippen molar-refractivity contribution in [1.29, 1.82) is 0 Å². The molecule has 0 radical (unpaired) electrons. The summed E-state index contributed by atoms with van der Waals surface area (Å²) in [7, 11) is 0. The highest BCUT2D eigenvalue weighted by molar-refractivity contribution is 5.93. The number of carbonyl (C=O) groups is 1. The number of aliphatic hydroxyl groups is 1. The van der Waals surface area contributed by atoms with Crippen molar-refractivity contribution in [2.24, 2.45) is 23.7 Å². The van der Waals surface area contributed by atoms with Gasteiger partial charge in [-0.2, -0.15) is 0 Å². The second-order valence-corrected chi connectivity index (χ2v) is 4.05. The van der Waals surface area contributed by atoms with Crippen LogP contribution in [0.1, 0.15) is 13.8 Å². The molecule has 12 heavy (non-hydrogen) atoms. The van der Waals surface area contributed by atoms with E-state index in [1.807, 2.05) is 19.9 Å². The van der Waals surface area contributed by atoms with Gasteiger partial charge in [-0.05, 0) is 17.9 Å². The molecule has 0 unspecified atom stereocenters. The predicted octanol–water partition coefficient (Wildman–Crippen LogP) is 1.00. The number of fused-ring (bicyclic) bond motifs is 1. The van der Waals surface area contributed by atoms with Crippen LogP contribution in [0.15, 0.2) is 12.2 Å². The maximum absolute atomic E-state index is 11.2. The molecule has 0 heterocycles. The summed E-state index contributed by atoms with van der Waals surface area (Å²) in [5, 5.41) is 9.61. The normalized spacial score (nSPS) is 51.6. The maximum atomic E-state index is 11.2. The Morgan fingerprint density at radius 3 is 2.75 bits per heavy atom. The van der Waals surface area contributed by atoms with E-state index in [0.717, 1.165) is 0 Å². The van der Waals surface area contributed by atoms with Crippen LogP contribution >= 0.6 is 0 Å². The van der Waals surface area contributed by atoms with Crippen LogP contribution in [0.25, 0.3) is 0 Å². The van der Waals surface area contributed by atoms with Crippen molar-refractivity contribution in [2.45, 2.75) is 20.0 Å². The maximum Gasteiger partial charge on any atom is 0.158 e. The molecule has 0 saturated heterocycles. The highest BCUT2D eigenvalue weighted by atomic mass is 16.3. The van der Waals surface area contributed by atoms with Crippen LogP contribution in [0, 0.1) is 23.7 Å². The monoisotopic (exact) mass is 166 g/mol. The van der Waals surface area contributed by atoms with Crippen LogP contribution < -0.4 is 0 Å². The summed E-state index contributed by atoms with van der Waals surface area (Å²) in [6.07, 6.45) is 3.37. The molecule has 5 atom stereocenters. The van der Waals surface area contributed by atoms with Crippen LogP contribution in [0.5, 0.6) is 0 Å². The third kappa shape index (κ3) is 0.816. The fourth-order valence-corrected chi connectivity index (χ4v) is 2.49. The Morgan fingerprint density at radius 2 is 2.08 bits per heavy atom. The van der Waals surface area contributed by atoms with Gasteiger partial charge in [-0.25, -0.2) is 0 Å². The number of ketones is 1. The summed E-state index contributed by atoms with van der Waals surface area (Å²) in [5.74, 6) is 1.15. The van der Waals surface area contributed by atoms with Gasteiger partial charge in [0.1, 0.15) is 0 Å². The Morgan fingerprint density at radius 1 is 1.42 bits per heavy atom. The summed E-state index contributed by atoms with van der Waals surface area (Å²) in [6, 6.07) is 0. The number of rotatable bonds is 0. The molecule has 0 bridgehead atoms. The van der Waals surface area contributed by atoms with Crippen molar-refractivity contribution in [3.63, 3.8) is 0 Å². The molecule has 0 aromatic heterocycles. The van der Waals surface area contributed by atoms with Crippen LogP contribution in [0.3, 0.4) is 0 Å². The zero-order valence-corrected chi connectivity index (χ0v) is 7.40. The van der Waals surface area contributed by atoms with Gasteiger partial charge < -0.3 is 5.11 Å². The van der Waals surface area contributed by atoms with Crippen molar-refractivity contribution < 1.29 is 9.90 Å². The lowest BCUT2D eigenvalue weighted by atomic mass is 9.56. The van der Waals surface area contributed by atoms with Gasteiger partial charge in [0, 0.05) is 11.8 Å². The highest BCUT2D eigenvalue weighted by Crippen LogP contribution is 2.47. The molecule has 66 valence electrons. The van der Waals surface area contributed by atoms with Crippen molar-refractivity contribution in [1.82, 2.24) is 0 Å². The van der Waals surface area contributed by atoms with Crippen molar-refractivity contribution in [3.8, 4) is 0 Å². The number of hydrogen-bond donors (Lipinski definition) is 1. The van der Waals surface area contributed by atoms with E-state index in [1.165, 1.54) is 0 Å². The standard InChI is InChI=1S/C10H14O2/c1-5-7-3-4-8(11)6(2)9(7)10(5)12/h3-7,9-10,12H,1-2H3/t5-,6-,7+,9+,10+/m1/s1. The fraction of sp³-hybridized carbons (Fsp3) is 0.700. The predicted molar refractivity (Wildman–Crippen MR) is 45.5 cm³/mol. The first-order chi connectivity index (χ1) is 5.63. The summed E-state index contributed by atoms with van der Waals surface area (Å²) in [6.45, 7) is 3.96. The van der Waals surface area contributed by atoms with E-state index in [9.17, 15) is 9.90 Å². The Hall–Kier alpha value is -0.630. The van der Waals surface area contributed by atoms with Crippen LogP contribution in [-0.2, 0) is 4.79 Å². The molecule has 0 spiro atoms. The fourth-order valence-electron chi connectivity index (χ4n) is 2.49. The first-order valence-corrected chi connectivity index (χ1v) is 4.53. The van der Waals surface area contributed by atoms with Gasteiger partial charge in [0.2, 0.25) is 0 Å². The quantitative estimate of drug-likeness (QED) is 0.583. The molecular formula is C10H14O2. The number of allylic oxidation sites excluding steroid dienone is 2. The van der Waals surface area contributed by atoms with Gasteiger partial charge in [-0.1, -0.05) is 19.9 Å². The molecule has 2 nitrogen and oxygen atoms in total. The van der Waals surface area contributed by atoms with Gasteiger partial charge in [-0.15, -0.1) is 0 Å². The first-order valence-electron chi connectivity index (χ1n) is 4.53. The Balaban J connectivity index is 2.24. The topological polar surface area (TPSA) is 37.3 Å². The minimum absolute atomic E-state index is 0.0196. The summed E-state index contributed by atoms with van der Waals surface area (Å²) < 4.78 is 0. The molecule has 1 fully saturated rings. The van der Waals surface area contributed by atoms with Crippen LogP contribution in [0.2, 0.25) is 0 Å². The molecular weight excluding hydrogens is 152 g/mol. The van der Waals surface area contributed by atoms with Crippen molar-refractivity contribution in [3.05, 3.63) is 12.2 Å². The van der Waals surface area contributed by atoms with E-state index in [1.54, 1.807) is 6.08 Å². The lowest BCUT2D eigenvalue weighted by Crippen LogP contribution is -2.54. The lowest BCUT2D eigenvalue weighted by molar-refractivity contribution is -0.137. The minimum Gasteiger partial charge on any atom is -0.392 e. The van der Waals surface area contributed by atoms with E-state index in [-0.39, 0.29) is 23.7 Å². The van der Waals surface area contributed by atoms with Crippen LogP contribution in [0.4, 0.5) is 0 Å². The zero-order valence-electron chi connectivity index (χ0n) is 7.40. The van der Waals surface area contributed by atoms with E-state index >= 15 is 0 Å². The van der Waals surface area contributed by atoms with E-state index < -0.39 is 0 Å². The number of carbonyl (C=O) groups excluding carboxylic acids is 1. The van der Waals surface area contributed by atoms with Gasteiger partial charge in [-0.3, -0.25) is 4.79 Å². The second kappa shape index (κ2) is 2.43. The third-order valence-electron chi connectivity index (χ3n) is 3.49. The smallest absolute Gasteiger partial charge is 0.158 e. The highest BCUT2D eigenvalue weighted by Gasteiger charge is 2.50. The largest absolute Gasteiger partial charge is 0.392 e. The first kappa shape index (κ1) is 7.99. The average molecular weight is 166 g/mol. The van der Waals surface area contributed by atoms with E-state index in [4.69, 9.17) is 0 Å². The van der Waals surface area contributed by atoms with E-state index in [0.29, 0.717) is 11.8 Å². The summed E-state index contributed by atoms with van der Waals surface area (Å²) >= 11 is 0. The molecule has 0 amide bonds. The summed E-state index contributed by atoms with van der Waals surface area (Å²) in [4.78, 5) is 11.2. The molecule has 2 rings (SSSR count).